The van der Waals surface area contributed by atoms with Gasteiger partial charge in [0.25, 0.3) is 5.91 Å². The molecule has 6 heteroatoms. The zero-order chi connectivity index (χ0) is 14.8. The molecule has 0 unspecified atom stereocenters. The fourth-order valence-electron chi connectivity index (χ4n) is 1.64. The monoisotopic (exact) mass is 297 g/mol. The first-order valence-corrected chi connectivity index (χ1v) is 7.94. The molecule has 0 saturated carbocycles. The van der Waals surface area contributed by atoms with Crippen LogP contribution in [0.1, 0.15) is 23.7 Å². The van der Waals surface area contributed by atoms with Crippen LogP contribution >= 0.6 is 11.8 Å². The van der Waals surface area contributed by atoms with E-state index in [0.29, 0.717) is 17.8 Å². The van der Waals surface area contributed by atoms with E-state index in [-0.39, 0.29) is 12.5 Å². The van der Waals surface area contributed by atoms with Crippen LogP contribution in [-0.2, 0) is 0 Å². The van der Waals surface area contributed by atoms with Crippen LogP contribution in [0.4, 0.5) is 11.4 Å². The molecule has 0 saturated heterocycles. The van der Waals surface area contributed by atoms with Crippen molar-refractivity contribution < 1.29 is 9.90 Å². The molecule has 0 aliphatic carbocycles. The van der Waals surface area contributed by atoms with E-state index in [1.54, 1.807) is 30.0 Å². The van der Waals surface area contributed by atoms with Gasteiger partial charge in [-0.1, -0.05) is 0 Å². The van der Waals surface area contributed by atoms with Crippen molar-refractivity contribution in [2.75, 3.05) is 42.3 Å². The first-order chi connectivity index (χ1) is 9.69. The minimum atomic E-state index is -0.0899. The summed E-state index contributed by atoms with van der Waals surface area (Å²) >= 11 is 1.78. The smallest absolute Gasteiger partial charge is 0.251 e. The highest BCUT2D eigenvalue weighted by Crippen LogP contribution is 2.20. The van der Waals surface area contributed by atoms with E-state index in [2.05, 4.69) is 10.6 Å². The molecular weight excluding hydrogens is 274 g/mol. The van der Waals surface area contributed by atoms with Gasteiger partial charge in [0, 0.05) is 31.0 Å². The number of rotatable bonds is 9. The molecule has 112 valence electrons. The van der Waals surface area contributed by atoms with Crippen molar-refractivity contribution in [3.8, 4) is 0 Å². The Labute approximate surface area is 124 Å². The Balaban J connectivity index is 2.48. The largest absolute Gasteiger partial charge is 0.397 e. The van der Waals surface area contributed by atoms with Crippen LogP contribution in [0.15, 0.2) is 18.2 Å². The maximum atomic E-state index is 11.7. The summed E-state index contributed by atoms with van der Waals surface area (Å²) in [5, 5.41) is 14.7. The van der Waals surface area contributed by atoms with Crippen LogP contribution < -0.4 is 16.4 Å². The van der Waals surface area contributed by atoms with Crippen LogP contribution in [0.25, 0.3) is 0 Å². The molecule has 20 heavy (non-hydrogen) atoms. The number of thioether (sulfide) groups is 1. The molecule has 0 heterocycles. The van der Waals surface area contributed by atoms with Gasteiger partial charge >= 0.3 is 0 Å². The Hall–Kier alpha value is -1.40. The highest BCUT2D eigenvalue weighted by Gasteiger charge is 2.07. The van der Waals surface area contributed by atoms with Crippen LogP contribution in [0.2, 0.25) is 0 Å². The van der Waals surface area contributed by atoms with E-state index in [0.717, 1.165) is 30.2 Å². The number of hydrogen-bond donors (Lipinski definition) is 4. The number of anilines is 2. The molecule has 0 atom stereocenters. The van der Waals surface area contributed by atoms with Crippen LogP contribution in [0, 0.1) is 0 Å². The van der Waals surface area contributed by atoms with E-state index < -0.39 is 0 Å². The molecule has 0 aliphatic rings. The molecule has 5 N–H and O–H groups in total. The quantitative estimate of drug-likeness (QED) is 0.410. The molecule has 0 aliphatic heterocycles. The maximum Gasteiger partial charge on any atom is 0.251 e. The number of aliphatic hydroxyl groups is 1. The summed E-state index contributed by atoms with van der Waals surface area (Å²) in [6.45, 7) is 3.51. The summed E-state index contributed by atoms with van der Waals surface area (Å²) < 4.78 is 0. The second-order valence-electron chi connectivity index (χ2n) is 4.28. The normalized spacial score (nSPS) is 10.3. The van der Waals surface area contributed by atoms with Gasteiger partial charge in [0.1, 0.15) is 0 Å². The zero-order valence-electron chi connectivity index (χ0n) is 11.8. The predicted octanol–water partition coefficient (Wildman–Crippen LogP) is 1.55. The Morgan fingerprint density at radius 1 is 1.40 bits per heavy atom. The Bertz CT molecular complexity index is 427. The second kappa shape index (κ2) is 9.50. The number of carbonyl (C=O) groups excluding carboxylic acids is 1. The van der Waals surface area contributed by atoms with Crippen LogP contribution in [0.3, 0.4) is 0 Å². The predicted molar refractivity (Wildman–Crippen MR) is 86.4 cm³/mol. The number of hydrogen-bond acceptors (Lipinski definition) is 5. The van der Waals surface area contributed by atoms with Crippen molar-refractivity contribution in [1.29, 1.82) is 0 Å². The number of benzene rings is 1. The maximum absolute atomic E-state index is 11.7. The van der Waals surface area contributed by atoms with Gasteiger partial charge in [0.05, 0.1) is 11.4 Å². The lowest BCUT2D eigenvalue weighted by Gasteiger charge is -2.11. The van der Waals surface area contributed by atoms with Gasteiger partial charge in [-0.2, -0.15) is 11.8 Å². The van der Waals surface area contributed by atoms with Gasteiger partial charge in [-0.3, -0.25) is 4.79 Å². The first kappa shape index (κ1) is 16.7. The summed E-state index contributed by atoms with van der Waals surface area (Å²) in [4.78, 5) is 11.7. The standard InChI is InChI=1S/C14H23N3O2S/c1-2-16-14(19)11-4-5-12(15)13(10-11)17-6-9-20-8-3-7-18/h4-5,10,17-18H,2-3,6-9,15H2,1H3,(H,16,19). The van der Waals surface area contributed by atoms with Crippen molar-refractivity contribution in [1.82, 2.24) is 5.32 Å². The molecule has 1 aromatic carbocycles. The highest BCUT2D eigenvalue weighted by molar-refractivity contribution is 7.99. The molecule has 5 nitrogen and oxygen atoms in total. The molecule has 0 spiro atoms. The first-order valence-electron chi connectivity index (χ1n) is 6.79. The number of aliphatic hydroxyl groups excluding tert-OH is 1. The number of nitrogen functional groups attached to an aromatic ring is 1. The molecular formula is C14H23N3O2S. The Morgan fingerprint density at radius 2 is 2.20 bits per heavy atom. The molecule has 1 aromatic rings. The Morgan fingerprint density at radius 3 is 2.90 bits per heavy atom. The van der Waals surface area contributed by atoms with Crippen molar-refractivity contribution >= 4 is 29.0 Å². The molecule has 1 rings (SSSR count). The third-order valence-electron chi connectivity index (χ3n) is 2.66. The van der Waals surface area contributed by atoms with Crippen LogP contribution in [-0.4, -0.2) is 42.2 Å². The lowest BCUT2D eigenvalue weighted by atomic mass is 10.1. The summed E-state index contributed by atoms with van der Waals surface area (Å²) in [5.74, 6) is 1.80. The minimum Gasteiger partial charge on any atom is -0.397 e. The van der Waals surface area contributed by atoms with Gasteiger partial charge in [0.2, 0.25) is 0 Å². The van der Waals surface area contributed by atoms with E-state index in [4.69, 9.17) is 10.8 Å². The average molecular weight is 297 g/mol. The fourth-order valence-corrected chi connectivity index (χ4v) is 2.42. The van der Waals surface area contributed by atoms with E-state index in [1.165, 1.54) is 0 Å². The van der Waals surface area contributed by atoms with Crippen molar-refractivity contribution in [3.63, 3.8) is 0 Å². The van der Waals surface area contributed by atoms with Crippen molar-refractivity contribution in [2.45, 2.75) is 13.3 Å². The van der Waals surface area contributed by atoms with Crippen LogP contribution in [0.5, 0.6) is 0 Å². The van der Waals surface area contributed by atoms with Gasteiger partial charge in [0.15, 0.2) is 0 Å². The molecule has 0 radical (unpaired) electrons. The average Bonchev–Trinajstić information content (AvgIpc) is 2.44. The van der Waals surface area contributed by atoms with Gasteiger partial charge in [-0.25, -0.2) is 0 Å². The summed E-state index contributed by atoms with van der Waals surface area (Å²) in [6, 6.07) is 5.24. The SMILES string of the molecule is CCNC(=O)c1ccc(N)c(NCCSCCCO)c1. The van der Waals surface area contributed by atoms with Crippen molar-refractivity contribution in [3.05, 3.63) is 23.8 Å². The Kier molecular flexibility index (Phi) is 7.91. The topological polar surface area (TPSA) is 87.4 Å². The fraction of sp³-hybridized carbons (Fsp3) is 0.500. The molecule has 0 aromatic heterocycles. The van der Waals surface area contributed by atoms with E-state index in [9.17, 15) is 4.79 Å². The summed E-state index contributed by atoms with van der Waals surface area (Å²) in [6.07, 6.45) is 0.819. The van der Waals surface area contributed by atoms with Gasteiger partial charge < -0.3 is 21.5 Å². The lowest BCUT2D eigenvalue weighted by molar-refractivity contribution is 0.0956. The third-order valence-corrected chi connectivity index (χ3v) is 3.73. The summed E-state index contributed by atoms with van der Waals surface area (Å²) in [7, 11) is 0. The minimum absolute atomic E-state index is 0.0899. The van der Waals surface area contributed by atoms with Crippen molar-refractivity contribution in [2.24, 2.45) is 0 Å². The summed E-state index contributed by atoms with van der Waals surface area (Å²) in [5.41, 5.74) is 7.93. The third kappa shape index (κ3) is 5.71. The van der Waals surface area contributed by atoms with Gasteiger partial charge in [-0.05, 0) is 37.3 Å². The molecule has 0 fully saturated rings. The highest BCUT2D eigenvalue weighted by atomic mass is 32.2. The number of carbonyl (C=O) groups is 1. The number of amides is 1. The molecule has 0 bridgehead atoms. The number of nitrogens with one attached hydrogen (secondary N) is 2. The lowest BCUT2D eigenvalue weighted by Crippen LogP contribution is -2.22. The number of nitrogens with two attached hydrogens (primary N) is 1. The van der Waals surface area contributed by atoms with Gasteiger partial charge in [-0.15, -0.1) is 0 Å². The van der Waals surface area contributed by atoms with E-state index in [1.807, 2.05) is 6.92 Å². The zero-order valence-corrected chi connectivity index (χ0v) is 12.6. The second-order valence-corrected chi connectivity index (χ2v) is 5.50. The van der Waals surface area contributed by atoms with E-state index >= 15 is 0 Å². The molecule has 1 amide bonds.